The van der Waals surface area contributed by atoms with Crippen LogP contribution in [-0.4, -0.2) is 25.0 Å². The number of halogens is 1. The minimum atomic E-state index is -0.462. The van der Waals surface area contributed by atoms with Crippen LogP contribution < -0.4 is 5.73 Å². The summed E-state index contributed by atoms with van der Waals surface area (Å²) in [7, 11) is 1.98. The molecule has 0 spiro atoms. The first-order valence-electron chi connectivity index (χ1n) is 5.24. The second-order valence-corrected chi connectivity index (χ2v) is 3.81. The fourth-order valence-corrected chi connectivity index (χ4v) is 1.51. The van der Waals surface area contributed by atoms with E-state index >= 15 is 0 Å². The van der Waals surface area contributed by atoms with Crippen LogP contribution >= 0.6 is 0 Å². The number of nitrogens with two attached hydrogens (primary N) is 1. The van der Waals surface area contributed by atoms with Crippen molar-refractivity contribution in [2.45, 2.75) is 13.0 Å². The van der Waals surface area contributed by atoms with E-state index in [2.05, 4.69) is 4.90 Å². The molecule has 1 aromatic rings. The van der Waals surface area contributed by atoms with Gasteiger partial charge in [0, 0.05) is 6.54 Å². The molecule has 86 valence electrons. The molecular weight excluding hydrogens is 205 g/mol. The van der Waals surface area contributed by atoms with Crippen LogP contribution in [0.25, 0.3) is 0 Å². The lowest BCUT2D eigenvalue weighted by atomic mass is 10.1. The van der Waals surface area contributed by atoms with Crippen molar-refractivity contribution >= 4 is 0 Å². The van der Waals surface area contributed by atoms with Crippen molar-refractivity contribution in [2.24, 2.45) is 5.73 Å². The van der Waals surface area contributed by atoms with Crippen LogP contribution in [0.2, 0.25) is 0 Å². The molecule has 3 nitrogen and oxygen atoms in total. The summed E-state index contributed by atoms with van der Waals surface area (Å²) in [6, 6.07) is 6.47. The first-order valence-corrected chi connectivity index (χ1v) is 5.24. The van der Waals surface area contributed by atoms with E-state index in [0.717, 1.165) is 18.5 Å². The summed E-state index contributed by atoms with van der Waals surface area (Å²) in [5.74, 6) is -0.462. The van der Waals surface area contributed by atoms with Gasteiger partial charge in [-0.3, -0.25) is 0 Å². The van der Waals surface area contributed by atoms with Gasteiger partial charge >= 0.3 is 0 Å². The van der Waals surface area contributed by atoms with Gasteiger partial charge in [-0.05, 0) is 44.3 Å². The van der Waals surface area contributed by atoms with E-state index in [4.69, 9.17) is 11.0 Å². The second kappa shape index (κ2) is 6.21. The quantitative estimate of drug-likeness (QED) is 0.819. The Balaban J connectivity index is 2.64. The first-order chi connectivity index (χ1) is 7.67. The van der Waals surface area contributed by atoms with Gasteiger partial charge in [-0.1, -0.05) is 6.07 Å². The molecule has 0 saturated carbocycles. The van der Waals surface area contributed by atoms with Crippen LogP contribution in [0.1, 0.15) is 17.5 Å². The Labute approximate surface area is 95.3 Å². The van der Waals surface area contributed by atoms with E-state index in [1.54, 1.807) is 12.1 Å². The molecule has 0 amide bonds. The van der Waals surface area contributed by atoms with E-state index in [1.165, 1.54) is 6.07 Å². The van der Waals surface area contributed by atoms with E-state index in [9.17, 15) is 4.39 Å². The Kier molecular flexibility index (Phi) is 4.90. The predicted octanol–water partition coefficient (Wildman–Crippen LogP) is 1.48. The van der Waals surface area contributed by atoms with Gasteiger partial charge in [-0.15, -0.1) is 0 Å². The minimum Gasteiger partial charge on any atom is -0.330 e. The third-order valence-electron chi connectivity index (χ3n) is 2.35. The number of benzene rings is 1. The van der Waals surface area contributed by atoms with Crippen LogP contribution in [0.3, 0.4) is 0 Å². The largest absolute Gasteiger partial charge is 0.330 e. The fraction of sp³-hybridized carbons (Fsp3) is 0.417. The molecule has 0 fully saturated rings. The molecule has 0 aromatic heterocycles. The SMILES string of the molecule is CN(CCCN)Cc1ccc(F)c(C#N)c1. The van der Waals surface area contributed by atoms with Gasteiger partial charge in [0.05, 0.1) is 5.56 Å². The molecule has 0 aliphatic carbocycles. The lowest BCUT2D eigenvalue weighted by molar-refractivity contribution is 0.324. The molecular formula is C12H16FN3. The molecule has 1 rings (SSSR count). The van der Waals surface area contributed by atoms with Crippen molar-refractivity contribution < 1.29 is 4.39 Å². The molecule has 1 aromatic carbocycles. The lowest BCUT2D eigenvalue weighted by Gasteiger charge is -2.16. The zero-order chi connectivity index (χ0) is 12.0. The molecule has 0 saturated heterocycles. The van der Waals surface area contributed by atoms with Gasteiger partial charge < -0.3 is 10.6 Å². The highest BCUT2D eigenvalue weighted by Crippen LogP contribution is 2.11. The van der Waals surface area contributed by atoms with Crippen molar-refractivity contribution in [1.82, 2.24) is 4.90 Å². The summed E-state index contributed by atoms with van der Waals surface area (Å²) in [6.45, 7) is 2.27. The molecule has 0 radical (unpaired) electrons. The molecule has 0 aliphatic heterocycles. The Morgan fingerprint density at radius 2 is 2.25 bits per heavy atom. The van der Waals surface area contributed by atoms with Crippen molar-refractivity contribution in [3.8, 4) is 6.07 Å². The summed E-state index contributed by atoms with van der Waals surface area (Å²) < 4.78 is 13.1. The summed E-state index contributed by atoms with van der Waals surface area (Å²) in [4.78, 5) is 2.10. The zero-order valence-electron chi connectivity index (χ0n) is 9.41. The average molecular weight is 221 g/mol. The van der Waals surface area contributed by atoms with Gasteiger partial charge in [0.2, 0.25) is 0 Å². The Morgan fingerprint density at radius 3 is 2.88 bits per heavy atom. The summed E-state index contributed by atoms with van der Waals surface area (Å²) in [6.07, 6.45) is 0.933. The topological polar surface area (TPSA) is 53.0 Å². The molecule has 16 heavy (non-hydrogen) atoms. The number of nitrogens with zero attached hydrogens (tertiary/aromatic N) is 2. The third kappa shape index (κ3) is 3.61. The van der Waals surface area contributed by atoms with Crippen LogP contribution in [0.15, 0.2) is 18.2 Å². The van der Waals surface area contributed by atoms with Crippen LogP contribution in [0, 0.1) is 17.1 Å². The maximum absolute atomic E-state index is 13.1. The number of rotatable bonds is 5. The molecule has 2 N–H and O–H groups in total. The Hall–Kier alpha value is -1.44. The van der Waals surface area contributed by atoms with Crippen molar-refractivity contribution in [2.75, 3.05) is 20.1 Å². The minimum absolute atomic E-state index is 0.102. The van der Waals surface area contributed by atoms with Gasteiger partial charge in [-0.2, -0.15) is 5.26 Å². The van der Waals surface area contributed by atoms with Gasteiger partial charge in [-0.25, -0.2) is 4.39 Å². The monoisotopic (exact) mass is 221 g/mol. The fourth-order valence-electron chi connectivity index (χ4n) is 1.51. The second-order valence-electron chi connectivity index (χ2n) is 3.81. The van der Waals surface area contributed by atoms with Crippen LogP contribution in [0.4, 0.5) is 4.39 Å². The maximum Gasteiger partial charge on any atom is 0.140 e. The van der Waals surface area contributed by atoms with Gasteiger partial charge in [0.15, 0.2) is 0 Å². The van der Waals surface area contributed by atoms with Crippen LogP contribution in [-0.2, 0) is 6.54 Å². The smallest absolute Gasteiger partial charge is 0.140 e. The normalized spacial score (nSPS) is 10.4. The first kappa shape index (κ1) is 12.6. The molecule has 0 heterocycles. The average Bonchev–Trinajstić information content (AvgIpc) is 2.29. The van der Waals surface area contributed by atoms with Gasteiger partial charge in [0.1, 0.15) is 11.9 Å². The lowest BCUT2D eigenvalue weighted by Crippen LogP contribution is -2.21. The Morgan fingerprint density at radius 1 is 1.50 bits per heavy atom. The zero-order valence-corrected chi connectivity index (χ0v) is 9.41. The number of hydrogen-bond donors (Lipinski definition) is 1. The number of nitriles is 1. The molecule has 0 bridgehead atoms. The molecule has 4 heteroatoms. The van der Waals surface area contributed by atoms with Crippen molar-refractivity contribution in [3.05, 3.63) is 35.1 Å². The molecule has 0 aliphatic rings. The summed E-state index contributed by atoms with van der Waals surface area (Å²) in [5, 5.41) is 8.70. The third-order valence-corrected chi connectivity index (χ3v) is 2.35. The number of hydrogen-bond acceptors (Lipinski definition) is 3. The maximum atomic E-state index is 13.1. The molecule has 0 atom stereocenters. The van der Waals surface area contributed by atoms with Crippen molar-refractivity contribution in [1.29, 1.82) is 5.26 Å². The highest BCUT2D eigenvalue weighted by Gasteiger charge is 2.04. The molecule has 0 unspecified atom stereocenters. The van der Waals surface area contributed by atoms with Crippen LogP contribution in [0.5, 0.6) is 0 Å². The van der Waals surface area contributed by atoms with E-state index in [0.29, 0.717) is 13.1 Å². The highest BCUT2D eigenvalue weighted by molar-refractivity contribution is 5.34. The van der Waals surface area contributed by atoms with E-state index in [1.807, 2.05) is 13.1 Å². The standard InChI is InChI=1S/C12H16FN3/c1-16(6-2-5-14)9-10-3-4-12(13)11(7-10)8-15/h3-4,7H,2,5-6,9,14H2,1H3. The van der Waals surface area contributed by atoms with E-state index < -0.39 is 5.82 Å². The summed E-state index contributed by atoms with van der Waals surface area (Å²) in [5.41, 5.74) is 6.46. The summed E-state index contributed by atoms with van der Waals surface area (Å²) >= 11 is 0. The van der Waals surface area contributed by atoms with Gasteiger partial charge in [0.25, 0.3) is 0 Å². The predicted molar refractivity (Wildman–Crippen MR) is 61.1 cm³/mol. The Bertz CT molecular complexity index is 384. The van der Waals surface area contributed by atoms with E-state index in [-0.39, 0.29) is 5.56 Å². The van der Waals surface area contributed by atoms with Crippen molar-refractivity contribution in [3.63, 3.8) is 0 Å². The highest BCUT2D eigenvalue weighted by atomic mass is 19.1.